The Morgan fingerprint density at radius 1 is 0.939 bits per heavy atom. The molecule has 0 spiro atoms. The van der Waals surface area contributed by atoms with E-state index >= 15 is 0 Å². The molecule has 4 aliphatic carbocycles. The van der Waals surface area contributed by atoms with Gasteiger partial charge in [0.15, 0.2) is 5.60 Å². The molecule has 0 saturated heterocycles. The summed E-state index contributed by atoms with van der Waals surface area (Å²) in [6.45, 7) is 11.2. The monoisotopic (exact) mass is 472 g/mol. The Morgan fingerprint density at radius 2 is 1.61 bits per heavy atom. The maximum Gasteiger partial charge on any atom is 0.417 e. The number of hydrogen-bond acceptors (Lipinski definition) is 2. The van der Waals surface area contributed by atoms with Crippen LogP contribution in [0, 0.1) is 46.3 Å². The number of alkyl halides is 3. The normalized spacial score (nSPS) is 48.4. The molecule has 4 saturated carbocycles. The van der Waals surface area contributed by atoms with E-state index in [9.17, 15) is 23.4 Å². The van der Waals surface area contributed by atoms with Crippen LogP contribution in [-0.4, -0.2) is 27.6 Å². The smallest absolute Gasteiger partial charge is 0.390 e. The highest BCUT2D eigenvalue weighted by atomic mass is 19.4. The molecule has 0 amide bonds. The first kappa shape index (κ1) is 25.8. The number of fused-ring (bicyclic) bond motifs is 5. The zero-order valence-corrected chi connectivity index (χ0v) is 21.5. The highest BCUT2D eigenvalue weighted by Crippen LogP contribution is 2.69. The Hall–Kier alpha value is -0.290. The lowest BCUT2D eigenvalue weighted by Crippen LogP contribution is -2.59. The predicted octanol–water partition coefficient (Wildman–Crippen LogP) is 7.52. The average molecular weight is 473 g/mol. The molecule has 4 rings (SSSR count). The number of rotatable bonds is 5. The van der Waals surface area contributed by atoms with Gasteiger partial charge < -0.3 is 10.2 Å². The number of aliphatic hydroxyl groups is 2. The van der Waals surface area contributed by atoms with Gasteiger partial charge in [-0.05, 0) is 130 Å². The van der Waals surface area contributed by atoms with E-state index in [-0.39, 0.29) is 24.2 Å². The first-order valence-electron chi connectivity index (χ1n) is 13.7. The molecule has 4 aliphatic rings. The minimum Gasteiger partial charge on any atom is -0.390 e. The van der Waals surface area contributed by atoms with Crippen molar-refractivity contribution < 1.29 is 23.4 Å². The zero-order chi connectivity index (χ0) is 24.4. The molecule has 0 aromatic heterocycles. The van der Waals surface area contributed by atoms with Crippen molar-refractivity contribution in [2.75, 3.05) is 0 Å². The van der Waals surface area contributed by atoms with Crippen molar-refractivity contribution in [2.45, 2.75) is 129 Å². The summed E-state index contributed by atoms with van der Waals surface area (Å²) in [4.78, 5) is 0. The highest BCUT2D eigenvalue weighted by Gasteiger charge is 2.65. The Balaban J connectivity index is 1.48. The summed E-state index contributed by atoms with van der Waals surface area (Å²) in [6, 6.07) is 0. The second kappa shape index (κ2) is 8.39. The summed E-state index contributed by atoms with van der Waals surface area (Å²) in [5, 5.41) is 20.9. The third-order valence-corrected chi connectivity index (χ3v) is 11.9. The van der Waals surface area contributed by atoms with Gasteiger partial charge in [-0.3, -0.25) is 0 Å². The lowest BCUT2D eigenvalue weighted by Gasteiger charge is -2.62. The molecule has 0 radical (unpaired) electrons. The fourth-order valence-corrected chi connectivity index (χ4v) is 9.39. The number of halogens is 3. The van der Waals surface area contributed by atoms with E-state index in [0.717, 1.165) is 38.5 Å². The molecule has 2 nitrogen and oxygen atoms in total. The largest absolute Gasteiger partial charge is 0.417 e. The first-order valence-corrected chi connectivity index (χ1v) is 13.7. The third-order valence-electron chi connectivity index (χ3n) is 11.9. The second-order valence-corrected chi connectivity index (χ2v) is 13.5. The summed E-state index contributed by atoms with van der Waals surface area (Å²) >= 11 is 0. The van der Waals surface area contributed by atoms with E-state index in [0.29, 0.717) is 41.4 Å². The average Bonchev–Trinajstić information content (AvgIpc) is 3.09. The van der Waals surface area contributed by atoms with Gasteiger partial charge in [-0.2, -0.15) is 13.2 Å². The fourth-order valence-electron chi connectivity index (χ4n) is 9.39. The summed E-state index contributed by atoms with van der Waals surface area (Å²) in [6.07, 6.45) is 5.16. The Labute approximate surface area is 199 Å². The van der Waals surface area contributed by atoms with Crippen LogP contribution in [0.3, 0.4) is 0 Å². The summed E-state index contributed by atoms with van der Waals surface area (Å²) in [7, 11) is 0. The van der Waals surface area contributed by atoms with E-state index in [2.05, 4.69) is 27.7 Å². The molecule has 0 aromatic rings. The van der Waals surface area contributed by atoms with Gasteiger partial charge in [0.2, 0.25) is 0 Å². The van der Waals surface area contributed by atoms with E-state index in [1.807, 2.05) is 6.92 Å². The lowest BCUT2D eigenvalue weighted by atomic mass is 9.43. The maximum absolute atomic E-state index is 13.6. The van der Waals surface area contributed by atoms with Gasteiger partial charge in [-0.1, -0.05) is 27.7 Å². The molecule has 10 unspecified atom stereocenters. The van der Waals surface area contributed by atoms with Gasteiger partial charge in [0.25, 0.3) is 0 Å². The van der Waals surface area contributed by atoms with E-state index < -0.39 is 17.4 Å². The molecule has 10 atom stereocenters. The molecule has 0 heterocycles. The van der Waals surface area contributed by atoms with Crippen LogP contribution < -0.4 is 0 Å². The molecule has 0 aliphatic heterocycles. The predicted molar refractivity (Wildman–Crippen MR) is 126 cm³/mol. The summed E-state index contributed by atoms with van der Waals surface area (Å²) in [5.74, 6) is 3.06. The molecule has 192 valence electrons. The van der Waals surface area contributed by atoms with Crippen LogP contribution in [0.4, 0.5) is 13.2 Å². The molecule has 5 heteroatoms. The van der Waals surface area contributed by atoms with Gasteiger partial charge >= 0.3 is 6.18 Å². The SMILES string of the molecule is CCC(C)(O)CCC(C)C1CCC2C3CCC4CC(O)(C(F)(F)F)CCC4(C)C3CCC12C. The Kier molecular flexibility index (Phi) is 6.56. The first-order chi connectivity index (χ1) is 15.2. The van der Waals surface area contributed by atoms with Crippen molar-refractivity contribution in [3.63, 3.8) is 0 Å². The van der Waals surface area contributed by atoms with Crippen LogP contribution >= 0.6 is 0 Å². The Morgan fingerprint density at radius 3 is 2.24 bits per heavy atom. The third kappa shape index (κ3) is 4.19. The standard InChI is InChI=1S/C28H47F3O2/c1-6-24(3,32)13-11-18(2)21-9-10-22-20-8-7-19-17-27(33,28(29,30)31)16-15-25(19,4)23(20)12-14-26(21,22)5/h18-23,32-33H,6-17H2,1-5H3. The van der Waals surface area contributed by atoms with Gasteiger partial charge in [-0.15, -0.1) is 0 Å². The van der Waals surface area contributed by atoms with Crippen molar-refractivity contribution in [2.24, 2.45) is 46.3 Å². The molecular weight excluding hydrogens is 425 g/mol. The van der Waals surface area contributed by atoms with Crippen LogP contribution in [-0.2, 0) is 0 Å². The van der Waals surface area contributed by atoms with Gasteiger partial charge in [0.1, 0.15) is 0 Å². The summed E-state index contributed by atoms with van der Waals surface area (Å²) < 4.78 is 40.7. The molecule has 2 N–H and O–H groups in total. The van der Waals surface area contributed by atoms with Crippen LogP contribution in [0.15, 0.2) is 0 Å². The van der Waals surface area contributed by atoms with Crippen LogP contribution in [0.1, 0.15) is 112 Å². The van der Waals surface area contributed by atoms with Crippen molar-refractivity contribution >= 4 is 0 Å². The fraction of sp³-hybridized carbons (Fsp3) is 1.00. The highest BCUT2D eigenvalue weighted by molar-refractivity contribution is 5.11. The van der Waals surface area contributed by atoms with Crippen molar-refractivity contribution in [3.05, 3.63) is 0 Å². The Bertz CT molecular complexity index is 720. The minimum atomic E-state index is -4.52. The van der Waals surface area contributed by atoms with Crippen molar-refractivity contribution in [1.82, 2.24) is 0 Å². The lowest BCUT2D eigenvalue weighted by molar-refractivity contribution is -0.290. The van der Waals surface area contributed by atoms with Crippen LogP contribution in [0.2, 0.25) is 0 Å². The van der Waals surface area contributed by atoms with Crippen LogP contribution in [0.25, 0.3) is 0 Å². The quantitative estimate of drug-likeness (QED) is 0.434. The molecule has 0 aromatic carbocycles. The molecular formula is C28H47F3O2. The topological polar surface area (TPSA) is 40.5 Å². The van der Waals surface area contributed by atoms with Crippen LogP contribution in [0.5, 0.6) is 0 Å². The minimum absolute atomic E-state index is 0.0177. The zero-order valence-electron chi connectivity index (χ0n) is 21.5. The molecule has 33 heavy (non-hydrogen) atoms. The van der Waals surface area contributed by atoms with Crippen molar-refractivity contribution in [3.8, 4) is 0 Å². The second-order valence-electron chi connectivity index (χ2n) is 13.5. The van der Waals surface area contributed by atoms with Crippen molar-refractivity contribution in [1.29, 1.82) is 0 Å². The summed E-state index contributed by atoms with van der Waals surface area (Å²) in [5.41, 5.74) is -2.80. The molecule has 0 bridgehead atoms. The van der Waals surface area contributed by atoms with E-state index in [1.165, 1.54) is 19.3 Å². The van der Waals surface area contributed by atoms with Gasteiger partial charge in [-0.25, -0.2) is 0 Å². The number of hydrogen-bond donors (Lipinski definition) is 2. The van der Waals surface area contributed by atoms with Gasteiger partial charge in [0.05, 0.1) is 5.60 Å². The van der Waals surface area contributed by atoms with E-state index in [1.54, 1.807) is 0 Å². The maximum atomic E-state index is 13.6. The van der Waals surface area contributed by atoms with E-state index in [4.69, 9.17) is 0 Å². The molecule has 4 fully saturated rings. The van der Waals surface area contributed by atoms with Gasteiger partial charge in [0, 0.05) is 0 Å².